The van der Waals surface area contributed by atoms with Crippen LogP contribution in [0.4, 0.5) is 0 Å². The lowest BCUT2D eigenvalue weighted by Gasteiger charge is -2.00. The average molecular weight is 401 g/mol. The summed E-state index contributed by atoms with van der Waals surface area (Å²) in [5, 5.41) is 12.2. The minimum atomic E-state index is -0.455. The third-order valence-corrected chi connectivity index (χ3v) is 3.92. The van der Waals surface area contributed by atoms with Crippen LogP contribution in [0.15, 0.2) is 56.0 Å². The Bertz CT molecular complexity index is 1060. The molecule has 0 aliphatic heterocycles. The van der Waals surface area contributed by atoms with E-state index < -0.39 is 5.97 Å². The van der Waals surface area contributed by atoms with Gasteiger partial charge in [0.15, 0.2) is 12.4 Å². The molecule has 0 N–H and O–H groups in total. The Labute approximate surface area is 163 Å². The Hall–Kier alpha value is -3.46. The van der Waals surface area contributed by atoms with Gasteiger partial charge in [-0.25, -0.2) is 0 Å². The minimum Gasteiger partial charge on any atom is -0.461 e. The first kappa shape index (κ1) is 17.9. The summed E-state index contributed by atoms with van der Waals surface area (Å²) in [7, 11) is 0. The van der Waals surface area contributed by atoms with Crippen molar-refractivity contribution in [2.45, 2.75) is 19.4 Å². The van der Waals surface area contributed by atoms with Crippen molar-refractivity contribution >= 4 is 17.6 Å². The van der Waals surface area contributed by atoms with Gasteiger partial charge in [0.1, 0.15) is 0 Å². The maximum absolute atomic E-state index is 11.9. The molecule has 0 amide bonds. The highest BCUT2D eigenvalue weighted by molar-refractivity contribution is 6.30. The molecule has 0 unspecified atom stereocenters. The Balaban J connectivity index is 1.26. The normalized spacial score (nSPS) is 10.9. The van der Waals surface area contributed by atoms with Gasteiger partial charge in [0.05, 0.1) is 12.7 Å². The second-order valence-electron chi connectivity index (χ2n) is 5.66. The van der Waals surface area contributed by atoms with Gasteiger partial charge in [-0.3, -0.25) is 4.79 Å². The fraction of sp³-hybridized carbons (Fsp3) is 0.167. The molecule has 142 valence electrons. The number of hydrogen-bond donors (Lipinski definition) is 0. The van der Waals surface area contributed by atoms with Crippen LogP contribution >= 0.6 is 11.6 Å². The van der Waals surface area contributed by atoms with E-state index in [0.29, 0.717) is 28.4 Å². The molecular formula is C18H13ClN4O5. The van der Waals surface area contributed by atoms with Crippen LogP contribution in [0, 0.1) is 0 Å². The smallest absolute Gasteiger partial charge is 0.306 e. The third-order valence-electron chi connectivity index (χ3n) is 3.67. The molecule has 9 nitrogen and oxygen atoms in total. The van der Waals surface area contributed by atoms with Gasteiger partial charge in [-0.1, -0.05) is 16.8 Å². The number of furan rings is 1. The maximum Gasteiger partial charge on any atom is 0.306 e. The van der Waals surface area contributed by atoms with Gasteiger partial charge in [0.25, 0.3) is 5.89 Å². The zero-order valence-corrected chi connectivity index (χ0v) is 15.1. The van der Waals surface area contributed by atoms with Crippen molar-refractivity contribution in [3.63, 3.8) is 0 Å². The summed E-state index contributed by atoms with van der Waals surface area (Å²) in [6.07, 6.45) is 1.82. The fourth-order valence-electron chi connectivity index (χ4n) is 2.31. The van der Waals surface area contributed by atoms with Gasteiger partial charge in [-0.15, -0.1) is 10.2 Å². The Kier molecular flexibility index (Phi) is 5.16. The summed E-state index contributed by atoms with van der Waals surface area (Å²) in [6.45, 7) is -0.124. The Morgan fingerprint density at radius 3 is 2.75 bits per heavy atom. The van der Waals surface area contributed by atoms with Gasteiger partial charge in [0, 0.05) is 17.0 Å². The van der Waals surface area contributed by atoms with Crippen molar-refractivity contribution in [3.8, 4) is 23.0 Å². The van der Waals surface area contributed by atoms with Gasteiger partial charge in [0.2, 0.25) is 17.6 Å². The van der Waals surface area contributed by atoms with E-state index in [1.54, 1.807) is 36.4 Å². The molecule has 0 radical (unpaired) electrons. The number of benzene rings is 1. The summed E-state index contributed by atoms with van der Waals surface area (Å²) in [4.78, 5) is 16.1. The van der Waals surface area contributed by atoms with E-state index in [4.69, 9.17) is 29.7 Å². The van der Waals surface area contributed by atoms with E-state index in [2.05, 4.69) is 20.3 Å². The summed E-state index contributed by atoms with van der Waals surface area (Å²) in [6, 6.07) is 10.4. The molecule has 0 saturated heterocycles. The van der Waals surface area contributed by atoms with Crippen molar-refractivity contribution in [1.29, 1.82) is 0 Å². The van der Waals surface area contributed by atoms with Crippen molar-refractivity contribution in [3.05, 3.63) is 59.5 Å². The number of rotatable bonds is 7. The second kappa shape index (κ2) is 8.05. The predicted octanol–water partition coefficient (Wildman–Crippen LogP) is 3.71. The summed E-state index contributed by atoms with van der Waals surface area (Å²) >= 11 is 5.85. The molecular weight excluding hydrogens is 388 g/mol. The van der Waals surface area contributed by atoms with Crippen LogP contribution in [0.2, 0.25) is 5.02 Å². The number of carbonyl (C=O) groups excluding carboxylic acids is 1. The molecule has 0 fully saturated rings. The number of aromatic nitrogens is 4. The summed E-state index contributed by atoms with van der Waals surface area (Å²) < 4.78 is 20.9. The molecule has 0 aliphatic carbocycles. The number of esters is 1. The summed E-state index contributed by atoms with van der Waals surface area (Å²) in [5.41, 5.74) is 0.721. The third kappa shape index (κ3) is 4.26. The SMILES string of the molecule is O=C(CCc1nc(-c2ccco2)no1)OCc1nnc(-c2ccc(Cl)cc2)o1. The van der Waals surface area contributed by atoms with Crippen molar-refractivity contribution in [1.82, 2.24) is 20.3 Å². The molecule has 0 spiro atoms. The first-order valence-electron chi connectivity index (χ1n) is 8.28. The van der Waals surface area contributed by atoms with E-state index in [9.17, 15) is 4.79 Å². The first-order chi connectivity index (χ1) is 13.7. The quantitative estimate of drug-likeness (QED) is 0.427. The van der Waals surface area contributed by atoms with Crippen molar-refractivity contribution in [2.24, 2.45) is 0 Å². The van der Waals surface area contributed by atoms with Crippen LogP contribution in [0.5, 0.6) is 0 Å². The highest BCUT2D eigenvalue weighted by Gasteiger charge is 2.14. The average Bonchev–Trinajstić information content (AvgIpc) is 3.46. The van der Waals surface area contributed by atoms with E-state index in [-0.39, 0.29) is 25.3 Å². The van der Waals surface area contributed by atoms with E-state index >= 15 is 0 Å². The zero-order chi connectivity index (χ0) is 19.3. The van der Waals surface area contributed by atoms with Crippen LogP contribution < -0.4 is 0 Å². The van der Waals surface area contributed by atoms with Crippen molar-refractivity contribution < 1.29 is 22.9 Å². The van der Waals surface area contributed by atoms with Gasteiger partial charge < -0.3 is 18.1 Å². The van der Waals surface area contributed by atoms with Crippen LogP contribution in [0.1, 0.15) is 18.2 Å². The van der Waals surface area contributed by atoms with E-state index in [1.807, 2.05) is 0 Å². The molecule has 0 aliphatic rings. The Morgan fingerprint density at radius 2 is 1.96 bits per heavy atom. The Morgan fingerprint density at radius 1 is 1.11 bits per heavy atom. The molecule has 3 heterocycles. The number of aryl methyl sites for hydroxylation is 1. The lowest BCUT2D eigenvalue weighted by atomic mass is 10.2. The van der Waals surface area contributed by atoms with E-state index in [0.717, 1.165) is 5.56 Å². The van der Waals surface area contributed by atoms with Crippen LogP contribution in [-0.2, 0) is 22.6 Å². The number of carbonyl (C=O) groups is 1. The fourth-order valence-corrected chi connectivity index (χ4v) is 2.43. The molecule has 1 aromatic carbocycles. The van der Waals surface area contributed by atoms with E-state index in [1.165, 1.54) is 6.26 Å². The number of hydrogen-bond acceptors (Lipinski definition) is 9. The highest BCUT2D eigenvalue weighted by Crippen LogP contribution is 2.20. The lowest BCUT2D eigenvalue weighted by molar-refractivity contribution is -0.145. The molecule has 0 bridgehead atoms. The number of nitrogens with zero attached hydrogens (tertiary/aromatic N) is 4. The zero-order valence-electron chi connectivity index (χ0n) is 14.4. The lowest BCUT2D eigenvalue weighted by Crippen LogP contribution is -2.06. The van der Waals surface area contributed by atoms with Gasteiger partial charge in [-0.05, 0) is 36.4 Å². The topological polar surface area (TPSA) is 117 Å². The highest BCUT2D eigenvalue weighted by atomic mass is 35.5. The number of halogens is 1. The predicted molar refractivity (Wildman–Crippen MR) is 94.9 cm³/mol. The molecule has 0 atom stereocenters. The largest absolute Gasteiger partial charge is 0.461 e. The van der Waals surface area contributed by atoms with Crippen LogP contribution in [0.3, 0.4) is 0 Å². The molecule has 28 heavy (non-hydrogen) atoms. The standard InChI is InChI=1S/C18H13ClN4O5/c19-12-5-3-11(4-6-12)18-22-21-15(27-18)10-26-16(24)8-7-14-20-17(23-28-14)13-2-1-9-25-13/h1-6,9H,7-8,10H2. The monoisotopic (exact) mass is 400 g/mol. The van der Waals surface area contributed by atoms with Crippen molar-refractivity contribution in [2.75, 3.05) is 0 Å². The molecule has 4 rings (SSSR count). The molecule has 3 aromatic heterocycles. The van der Waals surface area contributed by atoms with Gasteiger partial charge >= 0.3 is 5.97 Å². The van der Waals surface area contributed by atoms with Crippen LogP contribution in [0.25, 0.3) is 23.0 Å². The molecule has 0 saturated carbocycles. The maximum atomic E-state index is 11.9. The molecule has 4 aromatic rings. The van der Waals surface area contributed by atoms with Gasteiger partial charge in [-0.2, -0.15) is 4.98 Å². The summed E-state index contributed by atoms with van der Waals surface area (Å²) in [5.74, 6) is 1.19. The second-order valence-corrected chi connectivity index (χ2v) is 6.09. The van der Waals surface area contributed by atoms with Crippen LogP contribution in [-0.4, -0.2) is 26.3 Å². The molecule has 10 heteroatoms. The first-order valence-corrected chi connectivity index (χ1v) is 8.65. The minimum absolute atomic E-state index is 0.0674. The number of ether oxygens (including phenoxy) is 1.